The van der Waals surface area contributed by atoms with E-state index >= 15 is 0 Å². The first-order chi connectivity index (χ1) is 10.6. The topological polar surface area (TPSA) is 109 Å². The summed E-state index contributed by atoms with van der Waals surface area (Å²) in [7, 11) is 1.51. The summed E-state index contributed by atoms with van der Waals surface area (Å²) in [5, 5.41) is 10.5. The predicted octanol–water partition coefficient (Wildman–Crippen LogP) is 1.51. The van der Waals surface area contributed by atoms with Crippen molar-refractivity contribution in [1.82, 2.24) is 0 Å². The van der Waals surface area contributed by atoms with E-state index < -0.39 is 5.66 Å². The predicted molar refractivity (Wildman–Crippen MR) is 86.2 cm³/mol. The van der Waals surface area contributed by atoms with E-state index in [-0.39, 0.29) is 17.7 Å². The van der Waals surface area contributed by atoms with Crippen LogP contribution in [-0.2, 0) is 0 Å². The van der Waals surface area contributed by atoms with Gasteiger partial charge in [-0.05, 0) is 37.8 Å². The van der Waals surface area contributed by atoms with Crippen LogP contribution in [0.5, 0.6) is 11.5 Å². The number of nitrogens with zero attached hydrogens (tertiary/aromatic N) is 3. The van der Waals surface area contributed by atoms with Gasteiger partial charge in [0.25, 0.3) is 0 Å². The fraction of sp³-hybridized carbons (Fsp3) is 0.467. The van der Waals surface area contributed by atoms with E-state index in [0.29, 0.717) is 11.4 Å². The molecular weight excluding hydrogens is 282 g/mol. The molecule has 1 heterocycles. The molecule has 0 unspecified atom stereocenters. The molecule has 0 saturated heterocycles. The van der Waals surface area contributed by atoms with Crippen LogP contribution in [-0.4, -0.2) is 29.8 Å². The molecule has 1 aromatic rings. The van der Waals surface area contributed by atoms with E-state index in [9.17, 15) is 5.11 Å². The van der Waals surface area contributed by atoms with Gasteiger partial charge >= 0.3 is 0 Å². The molecule has 118 valence electrons. The van der Waals surface area contributed by atoms with Gasteiger partial charge in [0.05, 0.1) is 12.8 Å². The van der Waals surface area contributed by atoms with E-state index in [1.165, 1.54) is 7.11 Å². The Morgan fingerprint density at radius 2 is 1.95 bits per heavy atom. The number of aliphatic imine (C=N–C) groups is 2. The lowest BCUT2D eigenvalue weighted by molar-refractivity contribution is 0.302. The van der Waals surface area contributed by atoms with Crippen LogP contribution in [0.4, 0.5) is 5.69 Å². The van der Waals surface area contributed by atoms with Crippen LogP contribution in [0.3, 0.4) is 0 Å². The van der Waals surface area contributed by atoms with Crippen molar-refractivity contribution in [2.75, 3.05) is 12.0 Å². The van der Waals surface area contributed by atoms with Gasteiger partial charge in [-0.1, -0.05) is 12.5 Å². The van der Waals surface area contributed by atoms with E-state index in [4.69, 9.17) is 16.2 Å². The monoisotopic (exact) mass is 303 g/mol. The summed E-state index contributed by atoms with van der Waals surface area (Å²) in [4.78, 5) is 10.5. The highest BCUT2D eigenvalue weighted by molar-refractivity contribution is 6.06. The molecule has 7 heteroatoms. The quantitative estimate of drug-likeness (QED) is 0.767. The zero-order valence-corrected chi connectivity index (χ0v) is 12.6. The van der Waals surface area contributed by atoms with E-state index in [0.717, 1.165) is 32.1 Å². The third-order valence-corrected chi connectivity index (χ3v) is 4.29. The standard InChI is InChI=1S/C15H21N5O2/c1-22-11-7-5-6-10(12(11)21)20-14(17)18-13(16)19-15(20)8-3-2-4-9-15/h5-7,21H,2-4,8-9H2,1H3,(H4,16,17,18,19). The molecule has 22 heavy (non-hydrogen) atoms. The smallest absolute Gasteiger partial charge is 0.220 e. The molecule has 0 radical (unpaired) electrons. The third-order valence-electron chi connectivity index (χ3n) is 4.29. The molecular formula is C15H21N5O2. The number of methoxy groups -OCH3 is 1. The van der Waals surface area contributed by atoms with Crippen molar-refractivity contribution < 1.29 is 9.84 Å². The number of ether oxygens (including phenoxy) is 1. The number of phenols is 1. The van der Waals surface area contributed by atoms with E-state index in [1.54, 1.807) is 23.1 Å². The zero-order chi connectivity index (χ0) is 15.7. The van der Waals surface area contributed by atoms with Crippen LogP contribution in [0.15, 0.2) is 28.2 Å². The molecule has 3 rings (SSSR count). The Bertz CT molecular complexity index is 635. The Labute approximate surface area is 129 Å². The van der Waals surface area contributed by atoms with Crippen molar-refractivity contribution in [2.45, 2.75) is 37.8 Å². The Morgan fingerprint density at radius 3 is 2.64 bits per heavy atom. The fourth-order valence-electron chi connectivity index (χ4n) is 3.33. The minimum Gasteiger partial charge on any atom is -0.503 e. The highest BCUT2D eigenvalue weighted by atomic mass is 16.5. The summed E-state index contributed by atoms with van der Waals surface area (Å²) in [5.74, 6) is 0.860. The van der Waals surface area contributed by atoms with Crippen LogP contribution in [0.1, 0.15) is 32.1 Å². The van der Waals surface area contributed by atoms with Crippen LogP contribution in [0.2, 0.25) is 0 Å². The molecule has 1 aliphatic carbocycles. The third kappa shape index (κ3) is 2.22. The van der Waals surface area contributed by atoms with Gasteiger partial charge in [0, 0.05) is 0 Å². The van der Waals surface area contributed by atoms with E-state index in [2.05, 4.69) is 9.98 Å². The molecule has 0 bridgehead atoms. The fourth-order valence-corrected chi connectivity index (χ4v) is 3.33. The Kier molecular flexibility index (Phi) is 3.56. The molecule has 2 aliphatic rings. The number of phenolic OH excluding ortho intramolecular Hbond substituents is 1. The average Bonchev–Trinajstić information content (AvgIpc) is 2.49. The van der Waals surface area contributed by atoms with Gasteiger partial charge in [0.1, 0.15) is 5.66 Å². The maximum atomic E-state index is 10.5. The highest BCUT2D eigenvalue weighted by Crippen LogP contribution is 2.44. The van der Waals surface area contributed by atoms with Crippen molar-refractivity contribution in [3.8, 4) is 11.5 Å². The zero-order valence-electron chi connectivity index (χ0n) is 12.6. The normalized spacial score (nSPS) is 20.5. The maximum Gasteiger partial charge on any atom is 0.220 e. The maximum absolute atomic E-state index is 10.5. The number of benzene rings is 1. The molecule has 1 saturated carbocycles. The summed E-state index contributed by atoms with van der Waals surface area (Å²) in [6, 6.07) is 5.29. The van der Waals surface area contributed by atoms with Gasteiger partial charge in [-0.2, -0.15) is 4.99 Å². The largest absolute Gasteiger partial charge is 0.503 e. The number of hydrogen-bond donors (Lipinski definition) is 3. The number of nitrogens with two attached hydrogens (primary N) is 2. The second-order valence-corrected chi connectivity index (χ2v) is 5.65. The molecule has 0 amide bonds. The SMILES string of the molecule is COc1cccc(N2C(N)=NC(N)=NC23CCCCC3)c1O. The van der Waals surface area contributed by atoms with Gasteiger partial charge < -0.3 is 21.3 Å². The molecule has 0 aromatic heterocycles. The molecule has 1 aliphatic heterocycles. The van der Waals surface area contributed by atoms with Gasteiger partial charge in [0.15, 0.2) is 11.5 Å². The van der Waals surface area contributed by atoms with Crippen molar-refractivity contribution in [3.05, 3.63) is 18.2 Å². The van der Waals surface area contributed by atoms with Crippen LogP contribution < -0.4 is 21.1 Å². The highest BCUT2D eigenvalue weighted by Gasteiger charge is 2.43. The van der Waals surface area contributed by atoms with Crippen molar-refractivity contribution in [3.63, 3.8) is 0 Å². The first-order valence-corrected chi connectivity index (χ1v) is 7.43. The summed E-state index contributed by atoms with van der Waals surface area (Å²) in [6.07, 6.45) is 4.86. The number of anilines is 1. The van der Waals surface area contributed by atoms with Crippen LogP contribution in [0.25, 0.3) is 0 Å². The van der Waals surface area contributed by atoms with Crippen molar-refractivity contribution in [2.24, 2.45) is 21.5 Å². The number of guanidine groups is 2. The molecule has 0 atom stereocenters. The number of rotatable bonds is 2. The second-order valence-electron chi connectivity index (χ2n) is 5.65. The number of para-hydroxylation sites is 1. The Hall–Kier alpha value is -2.44. The van der Waals surface area contributed by atoms with E-state index in [1.807, 2.05) is 0 Å². The number of aromatic hydroxyl groups is 1. The minimum absolute atomic E-state index is 0.0313. The van der Waals surface area contributed by atoms with Crippen LogP contribution in [0, 0.1) is 0 Å². The summed E-state index contributed by atoms with van der Waals surface area (Å²) in [6.45, 7) is 0. The Morgan fingerprint density at radius 1 is 1.23 bits per heavy atom. The lowest BCUT2D eigenvalue weighted by Gasteiger charge is -2.45. The van der Waals surface area contributed by atoms with Gasteiger partial charge in [-0.3, -0.25) is 4.90 Å². The summed E-state index contributed by atoms with van der Waals surface area (Å²) in [5.41, 5.74) is 11.9. The lowest BCUT2D eigenvalue weighted by atomic mass is 9.87. The summed E-state index contributed by atoms with van der Waals surface area (Å²) >= 11 is 0. The minimum atomic E-state index is -0.571. The second kappa shape index (κ2) is 5.40. The summed E-state index contributed by atoms with van der Waals surface area (Å²) < 4.78 is 5.19. The number of hydrogen-bond acceptors (Lipinski definition) is 7. The average molecular weight is 303 g/mol. The van der Waals surface area contributed by atoms with Gasteiger partial charge in [-0.15, -0.1) is 0 Å². The molecule has 7 nitrogen and oxygen atoms in total. The lowest BCUT2D eigenvalue weighted by Crippen LogP contribution is -2.58. The molecule has 1 spiro atoms. The Balaban J connectivity index is 2.12. The molecule has 5 N–H and O–H groups in total. The van der Waals surface area contributed by atoms with Gasteiger partial charge in [0.2, 0.25) is 11.9 Å². The van der Waals surface area contributed by atoms with Crippen molar-refractivity contribution >= 4 is 17.6 Å². The first-order valence-electron chi connectivity index (χ1n) is 7.43. The van der Waals surface area contributed by atoms with Gasteiger partial charge in [-0.25, -0.2) is 4.99 Å². The molecule has 1 fully saturated rings. The van der Waals surface area contributed by atoms with Crippen LogP contribution >= 0.6 is 0 Å². The first kappa shape index (κ1) is 14.5. The van der Waals surface area contributed by atoms with Crippen molar-refractivity contribution in [1.29, 1.82) is 0 Å². The molecule has 1 aromatic carbocycles.